The quantitative estimate of drug-likeness (QED) is 0.785. The molecule has 0 unspecified atom stereocenters. The van der Waals surface area contributed by atoms with Crippen molar-refractivity contribution in [1.29, 1.82) is 0 Å². The number of carbonyl (C=O) groups excluding carboxylic acids is 1. The maximum atomic E-state index is 13.4. The van der Waals surface area contributed by atoms with E-state index in [-0.39, 0.29) is 18.3 Å². The third-order valence-corrected chi connectivity index (χ3v) is 3.18. The monoisotopic (exact) mass is 299 g/mol. The Labute approximate surface area is 126 Å². The molecule has 112 valence electrons. The zero-order valence-corrected chi connectivity index (χ0v) is 11.7. The van der Waals surface area contributed by atoms with E-state index in [1.165, 1.54) is 12.1 Å². The van der Waals surface area contributed by atoms with E-state index in [0.29, 0.717) is 6.54 Å². The average Bonchev–Trinajstić information content (AvgIpc) is 2.95. The summed E-state index contributed by atoms with van der Waals surface area (Å²) in [5.74, 6) is -0.745. The zero-order valence-electron chi connectivity index (χ0n) is 11.7. The van der Waals surface area contributed by atoms with Gasteiger partial charge < -0.3 is 10.1 Å². The van der Waals surface area contributed by atoms with Crippen molar-refractivity contribution in [3.8, 4) is 5.75 Å². The number of hydrogen-bond acceptors (Lipinski definition) is 3. The maximum absolute atomic E-state index is 13.4. The fraction of sp³-hybridized carbons (Fsp3) is 0.125. The van der Waals surface area contributed by atoms with E-state index in [1.54, 1.807) is 22.8 Å². The molecule has 5 nitrogen and oxygen atoms in total. The van der Waals surface area contributed by atoms with Crippen LogP contribution in [0.3, 0.4) is 0 Å². The number of benzene rings is 1. The van der Waals surface area contributed by atoms with Gasteiger partial charge in [0.05, 0.1) is 11.7 Å². The number of carbonyl (C=O) groups is 1. The first-order chi connectivity index (χ1) is 10.7. The molecule has 0 spiro atoms. The molecule has 0 radical (unpaired) electrons. The lowest BCUT2D eigenvalue weighted by atomic mass is 10.2. The van der Waals surface area contributed by atoms with Crippen LogP contribution in [0.15, 0.2) is 54.9 Å². The van der Waals surface area contributed by atoms with Gasteiger partial charge >= 0.3 is 0 Å². The molecule has 0 atom stereocenters. The second-order valence-electron chi connectivity index (χ2n) is 4.70. The van der Waals surface area contributed by atoms with Gasteiger partial charge in [0, 0.05) is 18.3 Å². The lowest BCUT2D eigenvalue weighted by Gasteiger charge is -2.07. The Bertz CT molecular complexity index is 801. The third-order valence-electron chi connectivity index (χ3n) is 3.18. The summed E-state index contributed by atoms with van der Waals surface area (Å²) in [6.07, 6.45) is 3.54. The van der Waals surface area contributed by atoms with E-state index >= 15 is 0 Å². The number of rotatable bonds is 5. The molecule has 1 N–H and O–H groups in total. The van der Waals surface area contributed by atoms with Crippen molar-refractivity contribution >= 4 is 11.4 Å². The van der Waals surface area contributed by atoms with Crippen molar-refractivity contribution in [3.05, 3.63) is 66.2 Å². The third kappa shape index (κ3) is 3.06. The highest BCUT2D eigenvalue weighted by molar-refractivity contribution is 5.77. The number of hydrogen-bond donors (Lipinski definition) is 1. The van der Waals surface area contributed by atoms with Gasteiger partial charge in [0.1, 0.15) is 0 Å². The molecule has 22 heavy (non-hydrogen) atoms. The molecule has 0 saturated heterocycles. The predicted octanol–water partition coefficient (Wildman–Crippen LogP) is 2.17. The van der Waals surface area contributed by atoms with Gasteiger partial charge in [-0.1, -0.05) is 18.2 Å². The van der Waals surface area contributed by atoms with E-state index in [1.807, 2.05) is 24.4 Å². The molecular weight excluding hydrogens is 285 g/mol. The number of nitrogens with one attached hydrogen (secondary N) is 1. The number of nitrogens with zero attached hydrogens (tertiary/aromatic N) is 2. The molecule has 0 aliphatic carbocycles. The Kier molecular flexibility index (Phi) is 4.00. The first-order valence-corrected chi connectivity index (χ1v) is 6.79. The second kappa shape index (κ2) is 6.26. The van der Waals surface area contributed by atoms with Crippen LogP contribution in [-0.4, -0.2) is 22.1 Å². The Morgan fingerprint density at radius 1 is 1.23 bits per heavy atom. The number of aromatic nitrogens is 2. The summed E-state index contributed by atoms with van der Waals surface area (Å²) < 4.78 is 20.2. The lowest BCUT2D eigenvalue weighted by Crippen LogP contribution is -2.28. The molecule has 2 aromatic heterocycles. The van der Waals surface area contributed by atoms with Gasteiger partial charge in [0.2, 0.25) is 0 Å². The van der Waals surface area contributed by atoms with E-state index in [0.717, 1.165) is 11.1 Å². The van der Waals surface area contributed by atoms with Crippen molar-refractivity contribution in [1.82, 2.24) is 14.9 Å². The maximum Gasteiger partial charge on any atom is 0.258 e. The summed E-state index contributed by atoms with van der Waals surface area (Å²) >= 11 is 0. The molecule has 0 bridgehead atoms. The van der Waals surface area contributed by atoms with Gasteiger partial charge in [-0.25, -0.2) is 8.91 Å². The van der Waals surface area contributed by atoms with E-state index < -0.39 is 5.82 Å². The molecule has 0 aliphatic rings. The van der Waals surface area contributed by atoms with Gasteiger partial charge in [0.15, 0.2) is 18.2 Å². The number of halogens is 1. The molecule has 2 heterocycles. The van der Waals surface area contributed by atoms with E-state index in [2.05, 4.69) is 10.4 Å². The highest BCUT2D eigenvalue weighted by atomic mass is 19.1. The van der Waals surface area contributed by atoms with Gasteiger partial charge in [-0.05, 0) is 24.3 Å². The van der Waals surface area contributed by atoms with Gasteiger partial charge in [0.25, 0.3) is 5.91 Å². The topological polar surface area (TPSA) is 55.6 Å². The first kappa shape index (κ1) is 14.1. The lowest BCUT2D eigenvalue weighted by molar-refractivity contribution is -0.123. The van der Waals surface area contributed by atoms with Crippen molar-refractivity contribution in [2.24, 2.45) is 0 Å². The largest absolute Gasteiger partial charge is 0.481 e. The van der Waals surface area contributed by atoms with Crippen LogP contribution in [0.25, 0.3) is 5.52 Å². The molecule has 3 aromatic rings. The number of ether oxygens (including phenoxy) is 1. The van der Waals surface area contributed by atoms with Crippen LogP contribution in [0.5, 0.6) is 5.75 Å². The van der Waals surface area contributed by atoms with Crippen LogP contribution >= 0.6 is 0 Å². The molecule has 1 aromatic carbocycles. The van der Waals surface area contributed by atoms with Crippen molar-refractivity contribution in [2.45, 2.75) is 6.54 Å². The van der Waals surface area contributed by atoms with E-state index in [4.69, 9.17) is 4.74 Å². The summed E-state index contributed by atoms with van der Waals surface area (Å²) in [6.45, 7) is 0.104. The highest BCUT2D eigenvalue weighted by Gasteiger charge is 2.08. The minimum Gasteiger partial charge on any atom is -0.481 e. The number of amides is 1. The van der Waals surface area contributed by atoms with Crippen LogP contribution in [-0.2, 0) is 11.3 Å². The van der Waals surface area contributed by atoms with Crippen LogP contribution in [0.2, 0.25) is 0 Å². The van der Waals surface area contributed by atoms with Gasteiger partial charge in [-0.3, -0.25) is 4.79 Å². The average molecular weight is 299 g/mol. The predicted molar refractivity (Wildman–Crippen MR) is 78.9 cm³/mol. The molecule has 6 heteroatoms. The SMILES string of the molecule is O=C(COc1ccccc1F)NCc1cnn2ccccc12. The minimum absolute atomic E-state index is 0.0635. The van der Waals surface area contributed by atoms with Crippen LogP contribution < -0.4 is 10.1 Å². The smallest absolute Gasteiger partial charge is 0.258 e. The van der Waals surface area contributed by atoms with Crippen LogP contribution in [0, 0.1) is 5.82 Å². The minimum atomic E-state index is -0.488. The fourth-order valence-corrected chi connectivity index (χ4v) is 2.07. The van der Waals surface area contributed by atoms with Crippen LogP contribution in [0.4, 0.5) is 4.39 Å². The Balaban J connectivity index is 1.55. The van der Waals surface area contributed by atoms with Crippen molar-refractivity contribution < 1.29 is 13.9 Å². The number of pyridine rings is 1. The molecule has 1 amide bonds. The molecular formula is C16H14FN3O2. The Hall–Kier alpha value is -2.89. The molecule has 0 saturated carbocycles. The number of fused-ring (bicyclic) bond motifs is 1. The Morgan fingerprint density at radius 3 is 2.91 bits per heavy atom. The van der Waals surface area contributed by atoms with E-state index in [9.17, 15) is 9.18 Å². The van der Waals surface area contributed by atoms with Gasteiger partial charge in [-0.15, -0.1) is 0 Å². The summed E-state index contributed by atoms with van der Waals surface area (Å²) in [7, 11) is 0. The van der Waals surface area contributed by atoms with Crippen LogP contribution in [0.1, 0.15) is 5.56 Å². The summed E-state index contributed by atoms with van der Waals surface area (Å²) in [5, 5.41) is 6.91. The van der Waals surface area contributed by atoms with Gasteiger partial charge in [-0.2, -0.15) is 5.10 Å². The molecule has 3 rings (SSSR count). The normalized spacial score (nSPS) is 10.6. The Morgan fingerprint density at radius 2 is 2.05 bits per heavy atom. The first-order valence-electron chi connectivity index (χ1n) is 6.79. The summed E-state index contributed by atoms with van der Waals surface area (Å²) in [6, 6.07) is 11.7. The zero-order chi connectivity index (χ0) is 15.4. The molecule has 0 fully saturated rings. The van der Waals surface area contributed by atoms with Crippen molar-refractivity contribution in [2.75, 3.05) is 6.61 Å². The fourth-order valence-electron chi connectivity index (χ4n) is 2.07. The second-order valence-corrected chi connectivity index (χ2v) is 4.70. The van der Waals surface area contributed by atoms with Crippen molar-refractivity contribution in [3.63, 3.8) is 0 Å². The highest BCUT2D eigenvalue weighted by Crippen LogP contribution is 2.15. The summed E-state index contributed by atoms with van der Waals surface area (Å²) in [5.41, 5.74) is 1.83. The standard InChI is InChI=1S/C16H14FN3O2/c17-13-5-1-2-7-15(13)22-11-16(21)18-9-12-10-19-20-8-4-3-6-14(12)20/h1-8,10H,9,11H2,(H,18,21). The summed E-state index contributed by atoms with van der Waals surface area (Å²) in [4.78, 5) is 11.8. The number of para-hydroxylation sites is 1. The molecule has 0 aliphatic heterocycles.